The highest BCUT2D eigenvalue weighted by Crippen LogP contribution is 2.08. The van der Waals surface area contributed by atoms with Crippen molar-refractivity contribution in [1.29, 1.82) is 0 Å². The number of hydrogen-bond donors (Lipinski definition) is 2. The Bertz CT molecular complexity index is 212. The highest BCUT2D eigenvalue weighted by Gasteiger charge is 2.24. The highest BCUT2D eigenvalue weighted by molar-refractivity contribution is 5.92. The van der Waals surface area contributed by atoms with Crippen LogP contribution < -0.4 is 0 Å². The zero-order valence-corrected chi connectivity index (χ0v) is 7.78. The van der Waals surface area contributed by atoms with Gasteiger partial charge in [0.05, 0.1) is 0 Å². The van der Waals surface area contributed by atoms with Crippen LogP contribution in [0.1, 0.15) is 26.7 Å². The summed E-state index contributed by atoms with van der Waals surface area (Å²) in [5.74, 6) is -3.82. The third-order valence-electron chi connectivity index (χ3n) is 1.60. The Kier molecular flexibility index (Phi) is 4.80. The van der Waals surface area contributed by atoms with E-state index in [2.05, 4.69) is 0 Å². The Morgan fingerprint density at radius 3 is 2.00 bits per heavy atom. The van der Waals surface area contributed by atoms with Gasteiger partial charge < -0.3 is 10.2 Å². The summed E-state index contributed by atoms with van der Waals surface area (Å²) >= 11 is 0. The second-order valence-electron chi connectivity index (χ2n) is 3.09. The SMILES string of the molecule is CC(C)=CCCC(C(=O)O)C(=O)O. The summed E-state index contributed by atoms with van der Waals surface area (Å²) in [5.41, 5.74) is 1.06. The molecule has 0 amide bonds. The second kappa shape index (κ2) is 5.35. The molecule has 0 bridgehead atoms. The first-order valence-electron chi connectivity index (χ1n) is 4.04. The zero-order valence-electron chi connectivity index (χ0n) is 7.78. The molecule has 0 aliphatic rings. The molecule has 0 saturated carbocycles. The van der Waals surface area contributed by atoms with Crippen molar-refractivity contribution in [2.75, 3.05) is 0 Å². The molecule has 0 aliphatic heterocycles. The minimum absolute atomic E-state index is 0.149. The number of rotatable bonds is 5. The van der Waals surface area contributed by atoms with Gasteiger partial charge in [0.1, 0.15) is 0 Å². The van der Waals surface area contributed by atoms with Crippen molar-refractivity contribution in [3.63, 3.8) is 0 Å². The van der Waals surface area contributed by atoms with Gasteiger partial charge in [-0.15, -0.1) is 0 Å². The maximum atomic E-state index is 10.4. The van der Waals surface area contributed by atoms with E-state index < -0.39 is 17.9 Å². The van der Waals surface area contributed by atoms with Crippen LogP contribution in [0, 0.1) is 5.92 Å². The number of carboxylic acids is 2. The monoisotopic (exact) mass is 186 g/mol. The van der Waals surface area contributed by atoms with Gasteiger partial charge >= 0.3 is 11.9 Å². The topological polar surface area (TPSA) is 74.6 Å². The smallest absolute Gasteiger partial charge is 0.317 e. The van der Waals surface area contributed by atoms with Crippen molar-refractivity contribution in [2.24, 2.45) is 5.92 Å². The third-order valence-corrected chi connectivity index (χ3v) is 1.60. The quantitative estimate of drug-likeness (QED) is 0.504. The Labute approximate surface area is 76.9 Å². The molecule has 0 fully saturated rings. The maximum Gasteiger partial charge on any atom is 0.317 e. The van der Waals surface area contributed by atoms with E-state index in [1.165, 1.54) is 0 Å². The van der Waals surface area contributed by atoms with Gasteiger partial charge in [0.15, 0.2) is 5.92 Å². The average molecular weight is 186 g/mol. The summed E-state index contributed by atoms with van der Waals surface area (Å²) in [7, 11) is 0. The standard InChI is InChI=1S/C9H14O4/c1-6(2)4-3-5-7(8(10)11)9(12)13/h4,7H,3,5H2,1-2H3,(H,10,11)(H,12,13). The van der Waals surface area contributed by atoms with E-state index in [0.29, 0.717) is 6.42 Å². The van der Waals surface area contributed by atoms with Gasteiger partial charge in [-0.2, -0.15) is 0 Å². The van der Waals surface area contributed by atoms with Crippen LogP contribution in [0.2, 0.25) is 0 Å². The van der Waals surface area contributed by atoms with E-state index in [1.807, 2.05) is 19.9 Å². The van der Waals surface area contributed by atoms with Crippen molar-refractivity contribution in [3.8, 4) is 0 Å². The van der Waals surface area contributed by atoms with Gasteiger partial charge in [-0.05, 0) is 26.7 Å². The summed E-state index contributed by atoms with van der Waals surface area (Å²) < 4.78 is 0. The lowest BCUT2D eigenvalue weighted by Gasteiger charge is -2.04. The molecule has 0 aromatic carbocycles. The molecule has 0 saturated heterocycles. The molecule has 13 heavy (non-hydrogen) atoms. The summed E-state index contributed by atoms with van der Waals surface area (Å²) in [6.45, 7) is 3.77. The van der Waals surface area contributed by atoms with Crippen LogP contribution in [0.15, 0.2) is 11.6 Å². The van der Waals surface area contributed by atoms with E-state index in [9.17, 15) is 9.59 Å². The molecule has 0 aliphatic carbocycles. The molecule has 0 atom stereocenters. The molecule has 4 nitrogen and oxygen atoms in total. The van der Waals surface area contributed by atoms with Crippen LogP contribution in [0.25, 0.3) is 0 Å². The van der Waals surface area contributed by atoms with Crippen molar-refractivity contribution < 1.29 is 19.8 Å². The minimum atomic E-state index is -1.28. The van der Waals surface area contributed by atoms with E-state index in [0.717, 1.165) is 5.57 Å². The molecule has 2 N–H and O–H groups in total. The van der Waals surface area contributed by atoms with Crippen LogP contribution in [-0.2, 0) is 9.59 Å². The van der Waals surface area contributed by atoms with E-state index in [4.69, 9.17) is 10.2 Å². The number of allylic oxidation sites excluding steroid dienone is 2. The highest BCUT2D eigenvalue weighted by atomic mass is 16.4. The molecule has 74 valence electrons. The first-order chi connectivity index (χ1) is 5.95. The zero-order chi connectivity index (χ0) is 10.4. The van der Waals surface area contributed by atoms with Crippen LogP contribution in [0.3, 0.4) is 0 Å². The van der Waals surface area contributed by atoms with E-state index in [1.54, 1.807) is 0 Å². The van der Waals surface area contributed by atoms with Crippen LogP contribution in [0.5, 0.6) is 0 Å². The Morgan fingerprint density at radius 2 is 1.69 bits per heavy atom. The molecular formula is C9H14O4. The van der Waals surface area contributed by atoms with Gasteiger partial charge in [0, 0.05) is 0 Å². The maximum absolute atomic E-state index is 10.4. The first-order valence-corrected chi connectivity index (χ1v) is 4.04. The molecule has 0 aromatic rings. The predicted octanol–water partition coefficient (Wildman–Crippen LogP) is 1.52. The second-order valence-corrected chi connectivity index (χ2v) is 3.09. The number of hydrogen-bond acceptors (Lipinski definition) is 2. The molecule has 0 unspecified atom stereocenters. The van der Waals surface area contributed by atoms with Crippen molar-refractivity contribution in [2.45, 2.75) is 26.7 Å². The number of aliphatic carboxylic acids is 2. The van der Waals surface area contributed by atoms with Gasteiger partial charge in [-0.25, -0.2) is 0 Å². The molecular weight excluding hydrogens is 172 g/mol. The Morgan fingerprint density at radius 1 is 1.23 bits per heavy atom. The van der Waals surface area contributed by atoms with Gasteiger partial charge in [0.2, 0.25) is 0 Å². The Hall–Kier alpha value is -1.32. The van der Waals surface area contributed by atoms with Gasteiger partial charge in [-0.1, -0.05) is 11.6 Å². The van der Waals surface area contributed by atoms with E-state index in [-0.39, 0.29) is 6.42 Å². The largest absolute Gasteiger partial charge is 0.481 e. The molecule has 0 heterocycles. The lowest BCUT2D eigenvalue weighted by atomic mass is 10.0. The normalized spacial score (nSPS) is 9.77. The fourth-order valence-electron chi connectivity index (χ4n) is 0.891. The number of carbonyl (C=O) groups is 2. The summed E-state index contributed by atoms with van der Waals surface area (Å²) in [5, 5.41) is 17.0. The fourth-order valence-corrected chi connectivity index (χ4v) is 0.891. The fraction of sp³-hybridized carbons (Fsp3) is 0.556. The minimum Gasteiger partial charge on any atom is -0.481 e. The first kappa shape index (κ1) is 11.7. The number of carboxylic acid groups (broad SMARTS) is 2. The average Bonchev–Trinajstić information content (AvgIpc) is 1.95. The van der Waals surface area contributed by atoms with Crippen molar-refractivity contribution in [3.05, 3.63) is 11.6 Å². The van der Waals surface area contributed by atoms with Gasteiger partial charge in [-0.3, -0.25) is 9.59 Å². The Balaban J connectivity index is 4.06. The predicted molar refractivity (Wildman–Crippen MR) is 47.4 cm³/mol. The van der Waals surface area contributed by atoms with E-state index >= 15 is 0 Å². The summed E-state index contributed by atoms with van der Waals surface area (Å²) in [6.07, 6.45) is 2.47. The third kappa shape index (κ3) is 5.00. The van der Waals surface area contributed by atoms with Crippen molar-refractivity contribution in [1.82, 2.24) is 0 Å². The summed E-state index contributed by atoms with van der Waals surface area (Å²) in [6, 6.07) is 0. The van der Waals surface area contributed by atoms with Crippen molar-refractivity contribution >= 4 is 11.9 Å². The van der Waals surface area contributed by atoms with Crippen LogP contribution >= 0.6 is 0 Å². The van der Waals surface area contributed by atoms with Crippen LogP contribution in [0.4, 0.5) is 0 Å². The molecule has 0 radical (unpaired) electrons. The molecule has 0 spiro atoms. The van der Waals surface area contributed by atoms with Crippen LogP contribution in [-0.4, -0.2) is 22.2 Å². The molecule has 0 rings (SSSR count). The molecule has 4 heteroatoms. The van der Waals surface area contributed by atoms with Gasteiger partial charge in [0.25, 0.3) is 0 Å². The lowest BCUT2D eigenvalue weighted by molar-refractivity contribution is -0.154. The molecule has 0 aromatic heterocycles. The summed E-state index contributed by atoms with van der Waals surface area (Å²) in [4.78, 5) is 20.8. The lowest BCUT2D eigenvalue weighted by Crippen LogP contribution is -2.22.